The zero-order chi connectivity index (χ0) is 26.3. The SMILES string of the molecule is COc1cc(/C=N\NC(=O)CN(c2ccccc2F)S(C)(=O)=O)cc(Br)c1OCc1ccccc1Cl. The first-order chi connectivity index (χ1) is 17.1. The lowest BCUT2D eigenvalue weighted by Crippen LogP contribution is -2.39. The van der Waals surface area contributed by atoms with Crippen LogP contribution < -0.4 is 19.2 Å². The van der Waals surface area contributed by atoms with Gasteiger partial charge in [0.2, 0.25) is 10.0 Å². The van der Waals surface area contributed by atoms with Gasteiger partial charge in [-0.2, -0.15) is 5.10 Å². The number of anilines is 1. The van der Waals surface area contributed by atoms with Gasteiger partial charge in [-0.1, -0.05) is 41.9 Å². The second-order valence-electron chi connectivity index (χ2n) is 7.43. The summed E-state index contributed by atoms with van der Waals surface area (Å²) in [6, 6.07) is 15.9. The molecule has 8 nitrogen and oxygen atoms in total. The van der Waals surface area contributed by atoms with E-state index in [1.807, 2.05) is 18.2 Å². The van der Waals surface area contributed by atoms with Crippen molar-refractivity contribution in [2.24, 2.45) is 5.10 Å². The van der Waals surface area contributed by atoms with Crippen molar-refractivity contribution in [1.29, 1.82) is 0 Å². The molecule has 0 aromatic heterocycles. The van der Waals surface area contributed by atoms with Crippen molar-refractivity contribution in [3.8, 4) is 11.5 Å². The van der Waals surface area contributed by atoms with Gasteiger partial charge in [0.1, 0.15) is 19.0 Å². The van der Waals surface area contributed by atoms with Crippen LogP contribution in [0.1, 0.15) is 11.1 Å². The molecule has 3 rings (SSSR count). The molecule has 0 aliphatic carbocycles. The van der Waals surface area contributed by atoms with Gasteiger partial charge >= 0.3 is 0 Å². The van der Waals surface area contributed by atoms with E-state index < -0.39 is 28.3 Å². The first-order valence-electron chi connectivity index (χ1n) is 10.4. The fraction of sp³-hybridized carbons (Fsp3) is 0.167. The van der Waals surface area contributed by atoms with Crippen LogP contribution in [0.5, 0.6) is 11.5 Å². The summed E-state index contributed by atoms with van der Waals surface area (Å²) in [5.74, 6) is -0.669. The first-order valence-corrected chi connectivity index (χ1v) is 13.4. The molecular formula is C24H22BrClFN3O5S. The van der Waals surface area contributed by atoms with Crippen LogP contribution >= 0.6 is 27.5 Å². The molecule has 0 fully saturated rings. The van der Waals surface area contributed by atoms with E-state index in [0.717, 1.165) is 17.9 Å². The Morgan fingerprint density at radius 1 is 1.19 bits per heavy atom. The predicted molar refractivity (Wildman–Crippen MR) is 141 cm³/mol. The van der Waals surface area contributed by atoms with E-state index in [1.54, 1.807) is 18.2 Å². The zero-order valence-electron chi connectivity index (χ0n) is 19.2. The molecular weight excluding hydrogens is 577 g/mol. The second-order valence-corrected chi connectivity index (χ2v) is 10.6. The van der Waals surface area contributed by atoms with Gasteiger partial charge in [-0.25, -0.2) is 18.2 Å². The normalized spacial score (nSPS) is 11.4. The highest BCUT2D eigenvalue weighted by Gasteiger charge is 2.23. The van der Waals surface area contributed by atoms with Gasteiger partial charge < -0.3 is 9.47 Å². The van der Waals surface area contributed by atoms with E-state index >= 15 is 0 Å². The first kappa shape index (κ1) is 27.4. The van der Waals surface area contributed by atoms with E-state index in [2.05, 4.69) is 26.5 Å². The van der Waals surface area contributed by atoms with E-state index in [0.29, 0.717) is 30.9 Å². The molecule has 3 aromatic rings. The van der Waals surface area contributed by atoms with Crippen LogP contribution in [-0.2, 0) is 21.4 Å². The molecule has 0 aliphatic heterocycles. The number of hydrogen-bond acceptors (Lipinski definition) is 6. The molecule has 3 aromatic carbocycles. The van der Waals surface area contributed by atoms with Crippen LogP contribution in [0.15, 0.2) is 70.2 Å². The zero-order valence-corrected chi connectivity index (χ0v) is 22.4. The Hall–Kier alpha value is -3.15. The van der Waals surface area contributed by atoms with Crippen LogP contribution in [-0.4, -0.2) is 40.4 Å². The van der Waals surface area contributed by atoms with Crippen molar-refractivity contribution in [1.82, 2.24) is 5.43 Å². The van der Waals surface area contributed by atoms with Gasteiger partial charge in [-0.3, -0.25) is 9.10 Å². The molecule has 0 aliphatic rings. The molecule has 190 valence electrons. The maximum atomic E-state index is 14.1. The minimum absolute atomic E-state index is 0.219. The average molecular weight is 599 g/mol. The van der Waals surface area contributed by atoms with Gasteiger partial charge in [0, 0.05) is 10.6 Å². The number of sulfonamides is 1. The Balaban J connectivity index is 1.69. The third-order valence-corrected chi connectivity index (χ3v) is 6.88. The van der Waals surface area contributed by atoms with E-state index in [4.69, 9.17) is 21.1 Å². The monoisotopic (exact) mass is 597 g/mol. The number of nitrogens with zero attached hydrogens (tertiary/aromatic N) is 2. The fourth-order valence-corrected chi connectivity index (χ4v) is 4.72. The molecule has 0 bridgehead atoms. The minimum atomic E-state index is -3.92. The number of carbonyl (C=O) groups is 1. The molecule has 0 saturated carbocycles. The average Bonchev–Trinajstić information content (AvgIpc) is 2.82. The van der Waals surface area contributed by atoms with E-state index in [-0.39, 0.29) is 12.3 Å². The summed E-state index contributed by atoms with van der Waals surface area (Å²) in [5.41, 5.74) is 3.37. The standard InChI is InChI=1S/C24H22BrClFN3O5S/c1-34-22-12-16(11-18(25)24(22)35-15-17-7-3-4-8-19(17)26)13-28-29-23(31)14-30(36(2,32)33)21-10-6-5-9-20(21)27/h3-13H,14-15H2,1-2H3,(H,29,31)/b28-13-. The van der Waals surface area contributed by atoms with Crippen LogP contribution in [0.4, 0.5) is 10.1 Å². The predicted octanol–water partition coefficient (Wildman–Crippen LogP) is 4.75. The lowest BCUT2D eigenvalue weighted by molar-refractivity contribution is -0.119. The van der Waals surface area contributed by atoms with Crippen LogP contribution in [0.3, 0.4) is 0 Å². The number of benzene rings is 3. The third kappa shape index (κ3) is 7.19. The minimum Gasteiger partial charge on any atom is -0.493 e. The van der Waals surface area contributed by atoms with Crippen molar-refractivity contribution < 1.29 is 27.1 Å². The number of hydrazone groups is 1. The third-order valence-electron chi connectivity index (χ3n) is 4.79. The number of carbonyl (C=O) groups excluding carboxylic acids is 1. The summed E-state index contributed by atoms with van der Waals surface area (Å²) in [6.45, 7) is -0.435. The quantitative estimate of drug-likeness (QED) is 0.269. The lowest BCUT2D eigenvalue weighted by Gasteiger charge is -2.21. The van der Waals surface area contributed by atoms with Crippen molar-refractivity contribution in [2.75, 3.05) is 24.2 Å². The molecule has 0 saturated heterocycles. The summed E-state index contributed by atoms with van der Waals surface area (Å²) in [6.07, 6.45) is 2.23. The van der Waals surface area contributed by atoms with Gasteiger partial charge in [0.15, 0.2) is 11.5 Å². The largest absolute Gasteiger partial charge is 0.493 e. The summed E-state index contributed by atoms with van der Waals surface area (Å²) < 4.78 is 50.9. The van der Waals surface area contributed by atoms with E-state index in [9.17, 15) is 17.6 Å². The number of nitrogens with one attached hydrogen (secondary N) is 1. The molecule has 0 unspecified atom stereocenters. The smallest absolute Gasteiger partial charge is 0.260 e. The molecule has 12 heteroatoms. The van der Waals surface area contributed by atoms with Crippen LogP contribution in [0.2, 0.25) is 5.02 Å². The van der Waals surface area contributed by atoms with Crippen LogP contribution in [0, 0.1) is 5.82 Å². The van der Waals surface area contributed by atoms with Gasteiger partial charge in [0.25, 0.3) is 5.91 Å². The molecule has 0 radical (unpaired) electrons. The van der Waals surface area contributed by atoms with Crippen LogP contribution in [0.25, 0.3) is 0 Å². The number of ether oxygens (including phenoxy) is 2. The Morgan fingerprint density at radius 3 is 2.56 bits per heavy atom. The fourth-order valence-electron chi connectivity index (χ4n) is 3.10. The number of methoxy groups -OCH3 is 1. The van der Waals surface area contributed by atoms with Gasteiger partial charge in [-0.05, 0) is 51.8 Å². The number of para-hydroxylation sites is 1. The number of amides is 1. The Morgan fingerprint density at radius 2 is 1.89 bits per heavy atom. The number of halogens is 3. The molecule has 0 atom stereocenters. The molecule has 1 N–H and O–H groups in total. The lowest BCUT2D eigenvalue weighted by atomic mass is 10.2. The molecule has 0 spiro atoms. The Kier molecular flexibility index (Phi) is 9.30. The maximum Gasteiger partial charge on any atom is 0.260 e. The molecule has 0 heterocycles. The second kappa shape index (κ2) is 12.2. The van der Waals surface area contributed by atoms with Gasteiger partial charge in [-0.15, -0.1) is 0 Å². The molecule has 1 amide bonds. The number of rotatable bonds is 10. The van der Waals surface area contributed by atoms with Crippen molar-refractivity contribution in [3.63, 3.8) is 0 Å². The Labute approximate surface area is 221 Å². The van der Waals surface area contributed by atoms with Crippen molar-refractivity contribution in [2.45, 2.75) is 6.61 Å². The van der Waals surface area contributed by atoms with Gasteiger partial charge in [0.05, 0.1) is 29.7 Å². The van der Waals surface area contributed by atoms with E-state index in [1.165, 1.54) is 31.5 Å². The summed E-state index contributed by atoms with van der Waals surface area (Å²) in [4.78, 5) is 12.3. The molecule has 36 heavy (non-hydrogen) atoms. The van der Waals surface area contributed by atoms with Crippen molar-refractivity contribution >= 4 is 55.4 Å². The summed E-state index contributed by atoms with van der Waals surface area (Å²) in [5, 5.41) is 4.45. The highest BCUT2D eigenvalue weighted by molar-refractivity contribution is 9.10. The number of hydrogen-bond donors (Lipinski definition) is 1. The maximum absolute atomic E-state index is 14.1. The summed E-state index contributed by atoms with van der Waals surface area (Å²) >= 11 is 9.62. The Bertz CT molecular complexity index is 1390. The topological polar surface area (TPSA) is 97.3 Å². The highest BCUT2D eigenvalue weighted by Crippen LogP contribution is 2.37. The summed E-state index contributed by atoms with van der Waals surface area (Å²) in [7, 11) is -2.44. The highest BCUT2D eigenvalue weighted by atomic mass is 79.9. The van der Waals surface area contributed by atoms with Crippen molar-refractivity contribution in [3.05, 3.63) is 87.1 Å².